The molecular weight excluding hydrogens is 510 g/mol. The summed E-state index contributed by atoms with van der Waals surface area (Å²) in [6, 6.07) is 30.7. The first-order valence-corrected chi connectivity index (χ1v) is 14.8. The number of carbonyl (C=O) groups excluding carboxylic acids is 3. The fraction of sp³-hybridized carbons (Fsp3) is 0.400. The van der Waals surface area contributed by atoms with Crippen molar-refractivity contribution in [3.8, 4) is 0 Å². The van der Waals surface area contributed by atoms with E-state index in [0.717, 1.165) is 16.7 Å². The average molecular weight is 550 g/mol. The summed E-state index contributed by atoms with van der Waals surface area (Å²) < 4.78 is 0. The lowest BCUT2D eigenvalue weighted by Crippen LogP contribution is -2.48. The highest BCUT2D eigenvalue weighted by Gasteiger charge is 2.59. The molecule has 3 aromatic rings. The molecule has 6 heteroatoms. The van der Waals surface area contributed by atoms with Crippen molar-refractivity contribution >= 4 is 17.6 Å². The topological polar surface area (TPSA) is 60.7 Å². The lowest BCUT2D eigenvalue weighted by molar-refractivity contribution is -0.143. The molecule has 0 saturated carbocycles. The summed E-state index contributed by atoms with van der Waals surface area (Å²) >= 11 is 0. The number of nitrogens with zero attached hydrogens (tertiary/aromatic N) is 3. The predicted molar refractivity (Wildman–Crippen MR) is 159 cm³/mol. The van der Waals surface area contributed by atoms with Crippen molar-refractivity contribution in [3.05, 3.63) is 108 Å². The number of likely N-dealkylation sites (tertiary alicyclic amines) is 2. The van der Waals surface area contributed by atoms with Crippen LogP contribution in [0, 0.1) is 11.3 Å². The van der Waals surface area contributed by atoms with Crippen LogP contribution in [0.25, 0.3) is 0 Å². The van der Waals surface area contributed by atoms with Crippen molar-refractivity contribution in [1.82, 2.24) is 14.7 Å². The molecule has 0 N–H and O–H groups in total. The van der Waals surface area contributed by atoms with Crippen molar-refractivity contribution in [3.63, 3.8) is 0 Å². The van der Waals surface area contributed by atoms with E-state index >= 15 is 0 Å². The summed E-state index contributed by atoms with van der Waals surface area (Å²) in [5.41, 5.74) is 2.17. The van der Waals surface area contributed by atoms with E-state index in [1.54, 1.807) is 11.8 Å². The summed E-state index contributed by atoms with van der Waals surface area (Å²) in [6.45, 7) is 7.80. The number of ketones is 1. The van der Waals surface area contributed by atoms with E-state index in [4.69, 9.17) is 0 Å². The van der Waals surface area contributed by atoms with Gasteiger partial charge < -0.3 is 9.80 Å². The minimum absolute atomic E-state index is 0.0315. The van der Waals surface area contributed by atoms with Gasteiger partial charge in [-0.15, -0.1) is 0 Å². The first-order chi connectivity index (χ1) is 19.8. The average Bonchev–Trinajstić information content (AvgIpc) is 3.57. The van der Waals surface area contributed by atoms with Crippen molar-refractivity contribution in [2.75, 3.05) is 26.2 Å². The van der Waals surface area contributed by atoms with Crippen LogP contribution < -0.4 is 0 Å². The third-order valence-corrected chi connectivity index (χ3v) is 9.50. The highest BCUT2D eigenvalue weighted by atomic mass is 16.2. The number of carbonyl (C=O) groups is 3. The molecule has 1 unspecified atom stereocenters. The molecule has 6 rings (SSSR count). The Morgan fingerprint density at radius 1 is 0.805 bits per heavy atom. The molecule has 3 aliphatic heterocycles. The number of rotatable bonds is 8. The number of hydrogen-bond acceptors (Lipinski definition) is 4. The van der Waals surface area contributed by atoms with Gasteiger partial charge in [0.15, 0.2) is 5.78 Å². The Balaban J connectivity index is 1.29. The molecule has 6 nitrogen and oxygen atoms in total. The molecule has 212 valence electrons. The Labute approximate surface area is 242 Å². The number of Topliss-reactive ketones (excluding diaryl/α,β-unsaturated/α-hetero) is 1. The zero-order valence-electron chi connectivity index (χ0n) is 24.2. The maximum absolute atomic E-state index is 14.1. The quantitative estimate of drug-likeness (QED) is 0.301. The molecule has 3 aliphatic rings. The lowest BCUT2D eigenvalue weighted by atomic mass is 9.76. The second-order valence-electron chi connectivity index (χ2n) is 12.3. The molecule has 0 aliphatic carbocycles. The zero-order valence-corrected chi connectivity index (χ0v) is 24.2. The van der Waals surface area contributed by atoms with Gasteiger partial charge in [-0.05, 0) is 42.4 Å². The van der Waals surface area contributed by atoms with Crippen LogP contribution in [0.1, 0.15) is 50.3 Å². The van der Waals surface area contributed by atoms with Crippen LogP contribution in [0.3, 0.4) is 0 Å². The molecule has 2 amide bonds. The van der Waals surface area contributed by atoms with Gasteiger partial charge in [-0.2, -0.15) is 0 Å². The van der Waals surface area contributed by atoms with E-state index in [9.17, 15) is 14.4 Å². The van der Waals surface area contributed by atoms with E-state index < -0.39 is 17.0 Å². The van der Waals surface area contributed by atoms with Gasteiger partial charge in [0, 0.05) is 26.2 Å². The summed E-state index contributed by atoms with van der Waals surface area (Å²) in [7, 11) is 0. The predicted octanol–water partition coefficient (Wildman–Crippen LogP) is 4.73. The van der Waals surface area contributed by atoms with E-state index in [1.165, 1.54) is 0 Å². The number of hydrogen-bond donors (Lipinski definition) is 0. The van der Waals surface area contributed by atoms with E-state index in [1.807, 2.05) is 36.9 Å². The first kappa shape index (κ1) is 27.4. The SMILES string of the molecule is CC(=O)[C@H](C(C)C)N1CC[C@@]2(CCN(C(=O)[C@H]3CN3C(c3ccccc3)(c3ccccc3)c3ccccc3)C2)C1=O. The van der Waals surface area contributed by atoms with Crippen LogP contribution in [-0.4, -0.2) is 70.6 Å². The molecule has 0 radical (unpaired) electrons. The van der Waals surface area contributed by atoms with Crippen LogP contribution in [0.5, 0.6) is 0 Å². The van der Waals surface area contributed by atoms with Gasteiger partial charge in [0.1, 0.15) is 6.04 Å². The maximum atomic E-state index is 14.1. The lowest BCUT2D eigenvalue weighted by Gasteiger charge is -2.38. The molecule has 0 aromatic heterocycles. The van der Waals surface area contributed by atoms with Gasteiger partial charge >= 0.3 is 0 Å². The van der Waals surface area contributed by atoms with Crippen molar-refractivity contribution in [2.45, 2.75) is 51.2 Å². The number of benzene rings is 3. The van der Waals surface area contributed by atoms with Crippen LogP contribution in [0.15, 0.2) is 91.0 Å². The van der Waals surface area contributed by atoms with Crippen LogP contribution in [0.2, 0.25) is 0 Å². The fourth-order valence-electron chi connectivity index (χ4n) is 7.57. The minimum atomic E-state index is -0.618. The van der Waals surface area contributed by atoms with Gasteiger partial charge in [-0.3, -0.25) is 19.3 Å². The van der Waals surface area contributed by atoms with Crippen molar-refractivity contribution in [2.24, 2.45) is 11.3 Å². The maximum Gasteiger partial charge on any atom is 0.241 e. The van der Waals surface area contributed by atoms with Gasteiger partial charge in [-0.1, -0.05) is 105 Å². The third kappa shape index (κ3) is 4.49. The summed E-state index contributed by atoms with van der Waals surface area (Å²) in [5, 5.41) is 0. The Hall–Kier alpha value is -3.77. The highest BCUT2D eigenvalue weighted by molar-refractivity contribution is 5.93. The number of amides is 2. The molecular formula is C35H39N3O3. The Kier molecular flexibility index (Phi) is 7.06. The first-order valence-electron chi connectivity index (χ1n) is 14.8. The molecule has 0 bridgehead atoms. The molecule has 3 aromatic carbocycles. The van der Waals surface area contributed by atoms with E-state index in [-0.39, 0.29) is 29.6 Å². The smallest absolute Gasteiger partial charge is 0.241 e. The standard InChI is InChI=1S/C35H39N3O3/c1-25(2)31(26(3)39)37-22-20-34(33(37)41)19-21-36(24-34)32(40)30-23-38(30)35(27-13-7-4-8-14-27,28-15-9-5-10-16-28)29-17-11-6-12-18-29/h4-18,25,30-31H,19-24H2,1-3H3/t30-,31+,34-,38?/m1/s1. The monoisotopic (exact) mass is 549 g/mol. The summed E-state index contributed by atoms with van der Waals surface area (Å²) in [5.74, 6) is 0.227. The van der Waals surface area contributed by atoms with Crippen LogP contribution >= 0.6 is 0 Å². The van der Waals surface area contributed by atoms with Gasteiger partial charge in [0.25, 0.3) is 0 Å². The largest absolute Gasteiger partial charge is 0.340 e. The normalized spacial score (nSPS) is 24.7. The summed E-state index contributed by atoms with van der Waals surface area (Å²) in [4.78, 5) is 46.3. The van der Waals surface area contributed by atoms with Gasteiger partial charge in [0.05, 0.1) is 17.0 Å². The highest BCUT2D eigenvalue weighted by Crippen LogP contribution is 2.49. The minimum Gasteiger partial charge on any atom is -0.340 e. The summed E-state index contributed by atoms with van der Waals surface area (Å²) in [6.07, 6.45) is 1.35. The molecule has 1 spiro atoms. The van der Waals surface area contributed by atoms with E-state index in [0.29, 0.717) is 39.0 Å². The Morgan fingerprint density at radius 3 is 1.76 bits per heavy atom. The molecule has 41 heavy (non-hydrogen) atoms. The van der Waals surface area contributed by atoms with Crippen molar-refractivity contribution < 1.29 is 14.4 Å². The second kappa shape index (κ2) is 10.6. The molecule has 3 fully saturated rings. The van der Waals surface area contributed by atoms with Gasteiger partial charge in [-0.25, -0.2) is 0 Å². The third-order valence-electron chi connectivity index (χ3n) is 9.50. The van der Waals surface area contributed by atoms with Crippen LogP contribution in [0.4, 0.5) is 0 Å². The Bertz CT molecular complexity index is 1330. The van der Waals surface area contributed by atoms with Crippen LogP contribution in [-0.2, 0) is 19.9 Å². The molecule has 4 atom stereocenters. The van der Waals surface area contributed by atoms with Crippen molar-refractivity contribution in [1.29, 1.82) is 0 Å². The molecule has 3 saturated heterocycles. The molecule has 3 heterocycles. The zero-order chi connectivity index (χ0) is 28.8. The Morgan fingerprint density at radius 2 is 1.29 bits per heavy atom. The van der Waals surface area contributed by atoms with Gasteiger partial charge in [0.2, 0.25) is 11.8 Å². The fourth-order valence-corrected chi connectivity index (χ4v) is 7.57. The van der Waals surface area contributed by atoms with E-state index in [2.05, 4.69) is 77.7 Å². The second-order valence-corrected chi connectivity index (χ2v) is 12.3.